The van der Waals surface area contributed by atoms with E-state index in [0.717, 1.165) is 12.1 Å². The number of aromatic hydroxyl groups is 2. The van der Waals surface area contributed by atoms with Crippen LogP contribution in [-0.2, 0) is 0 Å². The van der Waals surface area contributed by atoms with Crippen LogP contribution in [0.2, 0.25) is 0 Å². The van der Waals surface area contributed by atoms with Crippen LogP contribution >= 0.6 is 0 Å². The number of rotatable bonds is 1. The summed E-state index contributed by atoms with van der Waals surface area (Å²) in [5, 5.41) is 19.7. The Labute approximate surface area is 132 Å². The predicted octanol–water partition coefficient (Wildman–Crippen LogP) is 2.47. The van der Waals surface area contributed by atoms with Crippen molar-refractivity contribution in [1.29, 1.82) is 0 Å². The Balaban J connectivity index is 2.31. The monoisotopic (exact) mass is 326 g/mol. The fourth-order valence-electron chi connectivity index (χ4n) is 2.74. The van der Waals surface area contributed by atoms with Gasteiger partial charge in [-0.25, -0.2) is 4.79 Å². The highest BCUT2D eigenvalue weighted by Crippen LogP contribution is 2.31. The summed E-state index contributed by atoms with van der Waals surface area (Å²) in [5.41, 5.74) is -1.66. The molecule has 0 saturated carbocycles. The van der Waals surface area contributed by atoms with Gasteiger partial charge in [0.25, 0.3) is 0 Å². The number of methoxy groups -OCH3 is 1. The molecule has 4 aromatic rings. The number of phenolic OH excluding ortho intramolecular Hbond substituents is 2. The first kappa shape index (κ1) is 14.1. The number of ether oxygens (including phenoxy) is 1. The SMILES string of the molecule is COc1ccc2c(c1)oc(=O)c1oc3cc(O)cc(O)c3c(=O)c12. The lowest BCUT2D eigenvalue weighted by Gasteiger charge is -2.06. The lowest BCUT2D eigenvalue weighted by molar-refractivity contribution is 0.414. The smallest absolute Gasteiger partial charge is 0.380 e. The van der Waals surface area contributed by atoms with Gasteiger partial charge < -0.3 is 23.8 Å². The molecule has 0 atom stereocenters. The Bertz CT molecular complexity index is 1250. The van der Waals surface area contributed by atoms with Gasteiger partial charge in [0.15, 0.2) is 0 Å². The molecule has 120 valence electrons. The van der Waals surface area contributed by atoms with Gasteiger partial charge in [-0.15, -0.1) is 0 Å². The third kappa shape index (κ3) is 1.84. The first-order valence-corrected chi connectivity index (χ1v) is 6.93. The molecule has 24 heavy (non-hydrogen) atoms. The molecule has 0 unspecified atom stereocenters. The van der Waals surface area contributed by atoms with Gasteiger partial charge in [0.05, 0.1) is 12.5 Å². The predicted molar refractivity (Wildman–Crippen MR) is 85.9 cm³/mol. The van der Waals surface area contributed by atoms with Gasteiger partial charge in [-0.2, -0.15) is 0 Å². The summed E-state index contributed by atoms with van der Waals surface area (Å²) in [6, 6.07) is 6.84. The lowest BCUT2D eigenvalue weighted by Crippen LogP contribution is -2.09. The number of fused-ring (bicyclic) bond motifs is 4. The fraction of sp³-hybridized carbons (Fsp3) is 0.0588. The second kappa shape index (κ2) is 4.76. The van der Waals surface area contributed by atoms with E-state index in [1.807, 2.05) is 0 Å². The van der Waals surface area contributed by atoms with Crippen molar-refractivity contribution in [3.05, 3.63) is 51.0 Å². The summed E-state index contributed by atoms with van der Waals surface area (Å²) in [4.78, 5) is 25.0. The minimum atomic E-state index is -0.840. The number of phenols is 2. The zero-order valence-corrected chi connectivity index (χ0v) is 12.3. The van der Waals surface area contributed by atoms with E-state index in [4.69, 9.17) is 13.6 Å². The van der Waals surface area contributed by atoms with Crippen molar-refractivity contribution in [3.8, 4) is 17.2 Å². The van der Waals surface area contributed by atoms with Gasteiger partial charge in [0.2, 0.25) is 11.0 Å². The lowest BCUT2D eigenvalue weighted by atomic mass is 10.1. The molecule has 2 aromatic carbocycles. The Morgan fingerprint density at radius 2 is 1.75 bits per heavy atom. The Morgan fingerprint density at radius 3 is 2.50 bits per heavy atom. The van der Waals surface area contributed by atoms with Crippen LogP contribution in [-0.4, -0.2) is 17.3 Å². The summed E-state index contributed by atoms with van der Waals surface area (Å²) in [6.45, 7) is 0. The van der Waals surface area contributed by atoms with E-state index in [1.165, 1.54) is 13.2 Å². The molecule has 2 aromatic heterocycles. The molecule has 0 fully saturated rings. The molecule has 7 heteroatoms. The highest BCUT2D eigenvalue weighted by Gasteiger charge is 2.19. The quantitative estimate of drug-likeness (QED) is 0.314. The van der Waals surface area contributed by atoms with E-state index in [2.05, 4.69) is 0 Å². The summed E-state index contributed by atoms with van der Waals surface area (Å²) >= 11 is 0. The molecular formula is C17H10O7. The second-order valence-corrected chi connectivity index (χ2v) is 5.22. The van der Waals surface area contributed by atoms with Crippen molar-refractivity contribution in [2.75, 3.05) is 7.11 Å². The van der Waals surface area contributed by atoms with Crippen LogP contribution < -0.4 is 15.8 Å². The average molecular weight is 326 g/mol. The first-order chi connectivity index (χ1) is 11.5. The molecule has 0 spiro atoms. The highest BCUT2D eigenvalue weighted by atomic mass is 16.5. The minimum Gasteiger partial charge on any atom is -0.508 e. The van der Waals surface area contributed by atoms with Crippen LogP contribution in [0.3, 0.4) is 0 Å². The first-order valence-electron chi connectivity index (χ1n) is 6.93. The van der Waals surface area contributed by atoms with Crippen molar-refractivity contribution >= 4 is 32.9 Å². The summed E-state index contributed by atoms with van der Waals surface area (Å²) in [5.74, 6) is -0.268. The molecule has 4 rings (SSSR count). The molecule has 0 aliphatic carbocycles. The zero-order chi connectivity index (χ0) is 17.0. The van der Waals surface area contributed by atoms with Gasteiger partial charge >= 0.3 is 5.63 Å². The van der Waals surface area contributed by atoms with Gasteiger partial charge in [0.1, 0.15) is 33.8 Å². The van der Waals surface area contributed by atoms with Crippen molar-refractivity contribution in [2.45, 2.75) is 0 Å². The summed E-state index contributed by atoms with van der Waals surface area (Å²) in [6.07, 6.45) is 0. The largest absolute Gasteiger partial charge is 0.508 e. The van der Waals surface area contributed by atoms with Crippen molar-refractivity contribution in [1.82, 2.24) is 0 Å². The Hall–Kier alpha value is -3.48. The molecule has 0 amide bonds. The van der Waals surface area contributed by atoms with Crippen LogP contribution in [0.4, 0.5) is 0 Å². The second-order valence-electron chi connectivity index (χ2n) is 5.22. The Kier molecular flexibility index (Phi) is 2.80. The molecule has 2 N–H and O–H groups in total. The third-order valence-corrected chi connectivity index (χ3v) is 3.81. The standard InChI is InChI=1S/C17H10O7/c1-22-8-2-3-9-11(6-8)24-17(21)16-13(9)15(20)14-10(19)4-7(18)5-12(14)23-16/h2-6,18-19H,1H3. The highest BCUT2D eigenvalue weighted by molar-refractivity contribution is 6.06. The molecule has 0 saturated heterocycles. The molecule has 0 aliphatic heterocycles. The van der Waals surface area contributed by atoms with E-state index in [-0.39, 0.29) is 33.3 Å². The van der Waals surface area contributed by atoms with E-state index >= 15 is 0 Å². The van der Waals surface area contributed by atoms with Crippen LogP contribution in [0.25, 0.3) is 32.9 Å². The normalized spacial score (nSPS) is 11.4. The van der Waals surface area contributed by atoms with Crippen LogP contribution in [0.5, 0.6) is 17.2 Å². The molecule has 2 heterocycles. The number of hydrogen-bond donors (Lipinski definition) is 2. The number of benzene rings is 2. The van der Waals surface area contributed by atoms with Crippen molar-refractivity contribution < 1.29 is 23.8 Å². The third-order valence-electron chi connectivity index (χ3n) is 3.81. The zero-order valence-electron chi connectivity index (χ0n) is 12.3. The molecule has 0 bridgehead atoms. The van der Waals surface area contributed by atoms with E-state index < -0.39 is 16.8 Å². The molecule has 0 aliphatic rings. The Morgan fingerprint density at radius 1 is 0.958 bits per heavy atom. The van der Waals surface area contributed by atoms with Crippen LogP contribution in [0.15, 0.2) is 48.8 Å². The fourth-order valence-corrected chi connectivity index (χ4v) is 2.74. The molecule has 7 nitrogen and oxygen atoms in total. The van der Waals surface area contributed by atoms with Crippen molar-refractivity contribution in [3.63, 3.8) is 0 Å². The maximum atomic E-state index is 12.8. The van der Waals surface area contributed by atoms with Gasteiger partial charge in [0, 0.05) is 23.6 Å². The van der Waals surface area contributed by atoms with Crippen LogP contribution in [0.1, 0.15) is 0 Å². The van der Waals surface area contributed by atoms with E-state index in [9.17, 15) is 19.8 Å². The van der Waals surface area contributed by atoms with Gasteiger partial charge in [-0.1, -0.05) is 0 Å². The maximum absolute atomic E-state index is 12.8. The summed E-state index contributed by atoms with van der Waals surface area (Å²) < 4.78 is 15.7. The maximum Gasteiger partial charge on any atom is 0.380 e. The minimum absolute atomic E-state index is 0.00241. The number of hydrogen-bond acceptors (Lipinski definition) is 7. The van der Waals surface area contributed by atoms with Crippen LogP contribution in [0, 0.1) is 0 Å². The molecule has 0 radical (unpaired) electrons. The van der Waals surface area contributed by atoms with E-state index in [0.29, 0.717) is 11.1 Å². The summed E-state index contributed by atoms with van der Waals surface area (Å²) in [7, 11) is 1.46. The van der Waals surface area contributed by atoms with Gasteiger partial charge in [-0.3, -0.25) is 4.79 Å². The van der Waals surface area contributed by atoms with E-state index in [1.54, 1.807) is 12.1 Å². The topological polar surface area (TPSA) is 110 Å². The van der Waals surface area contributed by atoms with Crippen molar-refractivity contribution in [2.24, 2.45) is 0 Å². The average Bonchev–Trinajstić information content (AvgIpc) is 2.53. The van der Waals surface area contributed by atoms with Gasteiger partial charge in [-0.05, 0) is 12.1 Å². The molecular weight excluding hydrogens is 316 g/mol.